The average Bonchev–Trinajstić information content (AvgIpc) is 3.10. The van der Waals surface area contributed by atoms with Gasteiger partial charge < -0.3 is 9.11 Å². The van der Waals surface area contributed by atoms with E-state index in [4.69, 9.17) is 8.37 Å². The van der Waals surface area contributed by atoms with Crippen LogP contribution in [0, 0.1) is 52.3 Å². The molecule has 0 spiro atoms. The zero-order valence-electron chi connectivity index (χ0n) is 25.1. The second-order valence-electron chi connectivity index (χ2n) is 13.7. The summed E-state index contributed by atoms with van der Waals surface area (Å²) in [7, 11) is -9.82. The van der Waals surface area contributed by atoms with Crippen LogP contribution in [0.1, 0.15) is 105 Å². The van der Waals surface area contributed by atoms with E-state index >= 15 is 0 Å². The van der Waals surface area contributed by atoms with Crippen LogP contribution in [0.4, 0.5) is 0 Å². The molecule has 0 radical (unpaired) electrons. The number of hydrogen-bond acceptors (Lipinski definition) is 8. The minimum absolute atomic E-state index is 0. The first-order chi connectivity index (χ1) is 17.0. The molecule has 0 amide bonds. The van der Waals surface area contributed by atoms with Gasteiger partial charge in [0.1, 0.15) is 0 Å². The topological polar surface area (TPSA) is 133 Å². The maximum Gasteiger partial charge on any atom is 1.00 e. The van der Waals surface area contributed by atoms with Gasteiger partial charge in [-0.3, -0.25) is 8.37 Å². The maximum atomic E-state index is 11.8. The molecule has 0 bridgehead atoms. The van der Waals surface area contributed by atoms with Gasteiger partial charge in [0, 0.05) is 0 Å². The van der Waals surface area contributed by atoms with E-state index in [1.807, 2.05) is 0 Å². The van der Waals surface area contributed by atoms with Crippen LogP contribution in [-0.2, 0) is 29.2 Å². The predicted octanol–water partition coefficient (Wildman–Crippen LogP) is -0.584. The first-order valence-corrected chi connectivity index (χ1v) is 17.0. The van der Waals surface area contributed by atoms with Gasteiger partial charge in [0.2, 0.25) is 20.8 Å². The van der Waals surface area contributed by atoms with Gasteiger partial charge in [-0.25, -0.2) is 16.8 Å². The van der Waals surface area contributed by atoms with Gasteiger partial charge in [-0.1, -0.05) is 53.9 Å². The summed E-state index contributed by atoms with van der Waals surface area (Å²) in [6.45, 7) is 11.6. The van der Waals surface area contributed by atoms with Gasteiger partial charge in [0.15, 0.2) is 0 Å². The number of hydrogen-bond donors (Lipinski definition) is 0. The second kappa shape index (κ2) is 13.8. The molecule has 4 fully saturated rings. The van der Waals surface area contributed by atoms with Gasteiger partial charge in [0.25, 0.3) is 0 Å². The Morgan fingerprint density at radius 2 is 1.36 bits per heavy atom. The Morgan fingerprint density at radius 1 is 0.769 bits per heavy atom. The van der Waals surface area contributed by atoms with Gasteiger partial charge in [-0.15, -0.1) is 0 Å². The van der Waals surface area contributed by atoms with Crippen molar-refractivity contribution in [3.8, 4) is 0 Å². The Kier molecular flexibility index (Phi) is 13.1. The zero-order valence-corrected chi connectivity index (χ0v) is 30.7. The summed E-state index contributed by atoms with van der Waals surface area (Å²) in [5.41, 5.74) is -0.105. The number of fused-ring (bicyclic) bond motifs is 5. The van der Waals surface area contributed by atoms with Crippen molar-refractivity contribution < 1.29 is 93.4 Å². The average molecular weight is 609 g/mol. The molecule has 39 heavy (non-hydrogen) atoms. The molecule has 10 atom stereocenters. The van der Waals surface area contributed by atoms with E-state index in [0.717, 1.165) is 19.3 Å². The van der Waals surface area contributed by atoms with Crippen molar-refractivity contribution in [2.45, 2.75) is 117 Å². The van der Waals surface area contributed by atoms with Gasteiger partial charge in [-0.05, 0) is 104 Å². The Balaban J connectivity index is 0.00000267. The van der Waals surface area contributed by atoms with Crippen molar-refractivity contribution in [1.29, 1.82) is 0 Å². The van der Waals surface area contributed by atoms with Gasteiger partial charge in [-0.2, -0.15) is 0 Å². The van der Waals surface area contributed by atoms with Crippen LogP contribution in [-0.4, -0.2) is 38.1 Å². The minimum Gasteiger partial charge on any atom is -0.726 e. The van der Waals surface area contributed by atoms with E-state index in [-0.39, 0.29) is 88.2 Å². The van der Waals surface area contributed by atoms with Crippen molar-refractivity contribution in [3.05, 3.63) is 0 Å². The van der Waals surface area contributed by atoms with Crippen molar-refractivity contribution in [1.82, 2.24) is 0 Å². The Labute approximate surface area is 281 Å². The van der Waals surface area contributed by atoms with Crippen LogP contribution in [0.25, 0.3) is 0 Å². The zero-order chi connectivity index (χ0) is 27.4. The van der Waals surface area contributed by atoms with Crippen molar-refractivity contribution in [2.24, 2.45) is 52.3 Å². The standard InChI is InChI=1S/C27H48O8S2.2Na/c1-17(2)7-6-8-18(3)21-9-10-22-20-16-25(35-37(31,32)33)24-15-19(34-36(28,29)30)11-13-27(24,5)23(20)12-14-26(21,22)4;;/h17-25H,6-16H2,1-5H3,(H,28,29,30)(H,31,32,33);;/q;2*+1/p-2/t18-,19+,20+,21-,22+,23+,24-,25-,26-,27-;;/m1../s1. The molecular weight excluding hydrogens is 562 g/mol. The summed E-state index contributed by atoms with van der Waals surface area (Å²) in [5.74, 6) is 2.73. The molecule has 4 saturated carbocycles. The summed E-state index contributed by atoms with van der Waals surface area (Å²) in [4.78, 5) is 0. The van der Waals surface area contributed by atoms with Crippen LogP contribution < -0.4 is 59.1 Å². The smallest absolute Gasteiger partial charge is 0.726 e. The molecule has 4 aliphatic rings. The van der Waals surface area contributed by atoms with Crippen LogP contribution in [0.2, 0.25) is 0 Å². The Morgan fingerprint density at radius 3 is 1.95 bits per heavy atom. The molecule has 0 unspecified atom stereocenters. The molecule has 0 heterocycles. The molecule has 4 rings (SSSR count). The maximum absolute atomic E-state index is 11.8. The number of rotatable bonds is 9. The van der Waals surface area contributed by atoms with E-state index in [0.29, 0.717) is 48.9 Å². The fourth-order valence-electron chi connectivity index (χ4n) is 9.77. The molecule has 0 saturated heterocycles. The summed E-state index contributed by atoms with van der Waals surface area (Å²) in [5, 5.41) is 0. The summed E-state index contributed by atoms with van der Waals surface area (Å²) < 4.78 is 79.1. The quantitative estimate of drug-likeness (QED) is 0.193. The third-order valence-corrected chi connectivity index (χ3v) is 12.3. The molecule has 12 heteroatoms. The first-order valence-electron chi connectivity index (χ1n) is 14.3. The van der Waals surface area contributed by atoms with Crippen molar-refractivity contribution in [3.63, 3.8) is 0 Å². The summed E-state index contributed by atoms with van der Waals surface area (Å²) in [6, 6.07) is 0. The monoisotopic (exact) mass is 608 g/mol. The normalized spacial score (nSPS) is 41.0. The van der Waals surface area contributed by atoms with Crippen molar-refractivity contribution in [2.75, 3.05) is 0 Å². The fraction of sp³-hybridized carbons (Fsp3) is 1.00. The van der Waals surface area contributed by atoms with E-state index in [1.54, 1.807) is 0 Å². The van der Waals surface area contributed by atoms with Crippen LogP contribution >= 0.6 is 0 Å². The van der Waals surface area contributed by atoms with Crippen LogP contribution in [0.5, 0.6) is 0 Å². The molecule has 0 aromatic rings. The predicted molar refractivity (Wildman–Crippen MR) is 138 cm³/mol. The summed E-state index contributed by atoms with van der Waals surface area (Å²) >= 11 is 0. The molecule has 0 aromatic heterocycles. The molecule has 0 N–H and O–H groups in total. The van der Waals surface area contributed by atoms with E-state index in [1.165, 1.54) is 25.7 Å². The molecule has 0 aromatic carbocycles. The minimum atomic E-state index is -4.94. The largest absolute Gasteiger partial charge is 1.00 e. The molecule has 8 nitrogen and oxygen atoms in total. The van der Waals surface area contributed by atoms with Crippen LogP contribution in [0.15, 0.2) is 0 Å². The SMILES string of the molecule is CC(C)CCC[C@@H](C)[C@H]1CC[C@H]2[C@@H]3C[C@@H](OS(=O)(=O)[O-])[C@H]4C[C@@H](OS(=O)(=O)[O-])CC[C@]4(C)[C@H]3CC[C@]12C.[Na+].[Na+]. The van der Waals surface area contributed by atoms with E-state index < -0.39 is 33.0 Å². The summed E-state index contributed by atoms with van der Waals surface area (Å²) in [6.07, 6.45) is 8.34. The Hall–Kier alpha value is 1.74. The van der Waals surface area contributed by atoms with Gasteiger partial charge in [0.05, 0.1) is 12.2 Å². The van der Waals surface area contributed by atoms with E-state index in [2.05, 4.69) is 34.6 Å². The second-order valence-corrected chi connectivity index (χ2v) is 15.7. The molecule has 0 aliphatic heterocycles. The van der Waals surface area contributed by atoms with Crippen molar-refractivity contribution >= 4 is 20.8 Å². The molecule has 4 aliphatic carbocycles. The molecular formula is C27H46Na2O8S2. The Bertz CT molecular complexity index is 1040. The van der Waals surface area contributed by atoms with Crippen LogP contribution in [0.3, 0.4) is 0 Å². The third-order valence-electron chi connectivity index (χ3n) is 11.3. The van der Waals surface area contributed by atoms with Gasteiger partial charge >= 0.3 is 59.1 Å². The fourth-order valence-corrected chi connectivity index (χ4v) is 10.8. The first kappa shape index (κ1) is 36.9. The van der Waals surface area contributed by atoms with E-state index in [9.17, 15) is 25.9 Å². The third kappa shape index (κ3) is 8.27. The molecule has 216 valence electrons.